The lowest BCUT2D eigenvalue weighted by atomic mass is 10.1. The normalized spacial score (nSPS) is 14.3. The molecule has 2 aromatic rings. The lowest BCUT2D eigenvalue weighted by Gasteiger charge is -2.34. The molecule has 0 bridgehead atoms. The van der Waals surface area contributed by atoms with E-state index in [1.54, 1.807) is 23.2 Å². The Balaban J connectivity index is 1.49. The summed E-state index contributed by atoms with van der Waals surface area (Å²) in [6, 6.07) is 8.19. The lowest BCUT2D eigenvalue weighted by molar-refractivity contribution is -0.132. The van der Waals surface area contributed by atoms with Crippen molar-refractivity contribution in [1.82, 2.24) is 14.8 Å². The largest absolute Gasteiger partial charge is 0.450 e. The summed E-state index contributed by atoms with van der Waals surface area (Å²) in [5, 5.41) is 3.03. The van der Waals surface area contributed by atoms with Crippen LogP contribution in [-0.4, -0.2) is 59.6 Å². The minimum Gasteiger partial charge on any atom is -0.450 e. The van der Waals surface area contributed by atoms with Gasteiger partial charge >= 0.3 is 6.09 Å². The molecule has 2 heterocycles. The average Bonchev–Trinajstić information content (AvgIpc) is 3.15. The van der Waals surface area contributed by atoms with E-state index >= 15 is 0 Å². The van der Waals surface area contributed by atoms with Crippen molar-refractivity contribution < 1.29 is 14.3 Å². The number of carbonyl (C=O) groups is 2. The Morgan fingerprint density at radius 1 is 1.15 bits per heavy atom. The van der Waals surface area contributed by atoms with Crippen LogP contribution in [-0.2, 0) is 16.0 Å². The summed E-state index contributed by atoms with van der Waals surface area (Å²) in [5.41, 5.74) is 3.31. The maximum Gasteiger partial charge on any atom is 0.409 e. The molecular weight excluding hydrogens is 362 g/mol. The van der Waals surface area contributed by atoms with Crippen LogP contribution in [0.15, 0.2) is 29.6 Å². The van der Waals surface area contributed by atoms with E-state index in [-0.39, 0.29) is 12.0 Å². The van der Waals surface area contributed by atoms with E-state index in [1.165, 1.54) is 5.56 Å². The molecule has 144 valence electrons. The first-order valence-electron chi connectivity index (χ1n) is 9.28. The zero-order chi connectivity index (χ0) is 19.2. The minimum atomic E-state index is -0.296. The van der Waals surface area contributed by atoms with Gasteiger partial charge in [0.05, 0.1) is 12.3 Å². The van der Waals surface area contributed by atoms with E-state index in [0.717, 1.165) is 16.3 Å². The molecule has 1 aromatic heterocycles. The molecule has 1 aliphatic rings. The van der Waals surface area contributed by atoms with Gasteiger partial charge in [-0.1, -0.05) is 24.3 Å². The summed E-state index contributed by atoms with van der Waals surface area (Å²) >= 11 is 1.62. The van der Waals surface area contributed by atoms with Crippen LogP contribution in [0, 0.1) is 6.92 Å². The second-order valence-electron chi connectivity index (χ2n) is 6.53. The predicted octanol–water partition coefficient (Wildman–Crippen LogP) is 3.35. The van der Waals surface area contributed by atoms with Gasteiger partial charge in [0.1, 0.15) is 5.01 Å². The Labute approximate surface area is 163 Å². The molecule has 0 saturated carbocycles. The summed E-state index contributed by atoms with van der Waals surface area (Å²) < 4.78 is 5.01. The maximum atomic E-state index is 12.5. The van der Waals surface area contributed by atoms with Crippen LogP contribution in [0.1, 0.15) is 24.6 Å². The molecular formula is C20H25N3O3S. The van der Waals surface area contributed by atoms with Crippen molar-refractivity contribution in [2.45, 2.75) is 26.7 Å². The van der Waals surface area contributed by atoms with Crippen molar-refractivity contribution in [3.63, 3.8) is 0 Å². The van der Waals surface area contributed by atoms with Crippen molar-refractivity contribution in [3.8, 4) is 10.6 Å². The predicted molar refractivity (Wildman–Crippen MR) is 106 cm³/mol. The topological polar surface area (TPSA) is 62.7 Å². The first-order valence-corrected chi connectivity index (χ1v) is 10.2. The van der Waals surface area contributed by atoms with Gasteiger partial charge in [-0.15, -0.1) is 11.3 Å². The standard InChI is InChI=1S/C20H25N3O3S/c1-3-26-20(25)23-12-10-22(11-13-23)18(24)9-8-16-14-27-19(21-16)17-7-5-4-6-15(17)2/h4-7,14H,3,8-13H2,1-2H3. The number of benzene rings is 1. The quantitative estimate of drug-likeness (QED) is 0.789. The zero-order valence-corrected chi connectivity index (χ0v) is 16.6. The molecule has 0 N–H and O–H groups in total. The van der Waals surface area contributed by atoms with Crippen molar-refractivity contribution >= 4 is 23.3 Å². The number of hydrogen-bond acceptors (Lipinski definition) is 5. The van der Waals surface area contributed by atoms with Crippen LogP contribution >= 0.6 is 11.3 Å². The Bertz CT molecular complexity index is 797. The SMILES string of the molecule is CCOC(=O)N1CCN(C(=O)CCc2csc(-c3ccccc3C)n2)CC1. The molecule has 1 aromatic carbocycles. The van der Waals surface area contributed by atoms with Crippen molar-refractivity contribution in [2.75, 3.05) is 32.8 Å². The van der Waals surface area contributed by atoms with Gasteiger partial charge in [-0.3, -0.25) is 4.79 Å². The fourth-order valence-corrected chi connectivity index (χ4v) is 4.05. The molecule has 0 aliphatic carbocycles. The summed E-state index contributed by atoms with van der Waals surface area (Å²) in [5.74, 6) is 0.115. The number of aryl methyl sites for hydroxylation is 2. The lowest BCUT2D eigenvalue weighted by Crippen LogP contribution is -2.50. The van der Waals surface area contributed by atoms with Crippen LogP contribution in [0.5, 0.6) is 0 Å². The number of ether oxygens (including phenoxy) is 1. The van der Waals surface area contributed by atoms with Crippen LogP contribution in [0.3, 0.4) is 0 Å². The highest BCUT2D eigenvalue weighted by atomic mass is 32.1. The Morgan fingerprint density at radius 3 is 2.56 bits per heavy atom. The molecule has 1 aliphatic heterocycles. The molecule has 0 atom stereocenters. The summed E-state index contributed by atoms with van der Waals surface area (Å²) in [6.07, 6.45) is 0.783. The van der Waals surface area contributed by atoms with Crippen LogP contribution in [0.2, 0.25) is 0 Å². The van der Waals surface area contributed by atoms with E-state index in [4.69, 9.17) is 9.72 Å². The van der Waals surface area contributed by atoms with Gasteiger partial charge in [0, 0.05) is 43.5 Å². The second-order valence-corrected chi connectivity index (χ2v) is 7.38. The van der Waals surface area contributed by atoms with Crippen molar-refractivity contribution in [3.05, 3.63) is 40.9 Å². The molecule has 0 unspecified atom stereocenters. The summed E-state index contributed by atoms with van der Waals surface area (Å²) in [7, 11) is 0. The fraction of sp³-hybridized carbons (Fsp3) is 0.450. The first kappa shape index (κ1) is 19.4. The highest BCUT2D eigenvalue weighted by Gasteiger charge is 2.24. The fourth-order valence-electron chi connectivity index (χ4n) is 3.10. The highest BCUT2D eigenvalue weighted by molar-refractivity contribution is 7.13. The van der Waals surface area contributed by atoms with Crippen molar-refractivity contribution in [1.29, 1.82) is 0 Å². The molecule has 3 rings (SSSR count). The van der Waals surface area contributed by atoms with Gasteiger partial charge in [0.25, 0.3) is 0 Å². The number of piperazine rings is 1. The number of thiazole rings is 1. The Hall–Kier alpha value is -2.41. The third-order valence-electron chi connectivity index (χ3n) is 4.68. The van der Waals surface area contributed by atoms with Gasteiger partial charge in [0.15, 0.2) is 0 Å². The van der Waals surface area contributed by atoms with Gasteiger partial charge in [0.2, 0.25) is 5.91 Å². The summed E-state index contributed by atoms with van der Waals surface area (Å²) in [6.45, 7) is 6.41. The van der Waals surface area contributed by atoms with Gasteiger partial charge in [-0.25, -0.2) is 9.78 Å². The van der Waals surface area contributed by atoms with E-state index < -0.39 is 0 Å². The zero-order valence-electron chi connectivity index (χ0n) is 15.8. The van der Waals surface area contributed by atoms with Gasteiger partial charge < -0.3 is 14.5 Å². The molecule has 1 fully saturated rings. The van der Waals surface area contributed by atoms with E-state index in [9.17, 15) is 9.59 Å². The van der Waals surface area contributed by atoms with E-state index in [1.807, 2.05) is 22.4 Å². The Morgan fingerprint density at radius 2 is 1.85 bits per heavy atom. The molecule has 1 saturated heterocycles. The van der Waals surface area contributed by atoms with Gasteiger partial charge in [-0.05, 0) is 25.8 Å². The second kappa shape index (κ2) is 8.99. The highest BCUT2D eigenvalue weighted by Crippen LogP contribution is 2.27. The first-order chi connectivity index (χ1) is 13.1. The smallest absolute Gasteiger partial charge is 0.409 e. The van der Waals surface area contributed by atoms with Crippen LogP contribution < -0.4 is 0 Å². The third kappa shape index (κ3) is 4.86. The molecule has 0 spiro atoms. The van der Waals surface area contributed by atoms with E-state index in [0.29, 0.717) is 45.6 Å². The van der Waals surface area contributed by atoms with Gasteiger partial charge in [-0.2, -0.15) is 0 Å². The summed E-state index contributed by atoms with van der Waals surface area (Å²) in [4.78, 5) is 32.4. The average molecular weight is 388 g/mol. The minimum absolute atomic E-state index is 0.115. The molecule has 2 amide bonds. The number of amides is 2. The van der Waals surface area contributed by atoms with Crippen LogP contribution in [0.4, 0.5) is 4.79 Å². The number of carbonyl (C=O) groups excluding carboxylic acids is 2. The monoisotopic (exact) mass is 387 g/mol. The third-order valence-corrected chi connectivity index (χ3v) is 5.61. The molecule has 27 heavy (non-hydrogen) atoms. The number of nitrogens with zero attached hydrogens (tertiary/aromatic N) is 3. The Kier molecular flexibility index (Phi) is 6.45. The number of aromatic nitrogens is 1. The van der Waals surface area contributed by atoms with Crippen molar-refractivity contribution in [2.24, 2.45) is 0 Å². The maximum absolute atomic E-state index is 12.5. The molecule has 6 nitrogen and oxygen atoms in total. The number of rotatable bonds is 5. The van der Waals surface area contributed by atoms with E-state index in [2.05, 4.69) is 19.1 Å². The molecule has 0 radical (unpaired) electrons. The number of hydrogen-bond donors (Lipinski definition) is 0. The van der Waals surface area contributed by atoms with Crippen LogP contribution in [0.25, 0.3) is 10.6 Å². The molecule has 7 heteroatoms.